The van der Waals surface area contributed by atoms with E-state index >= 15 is 0 Å². The number of ether oxygens (including phenoxy) is 1. The van der Waals surface area contributed by atoms with Crippen molar-refractivity contribution in [3.05, 3.63) is 54.5 Å². The molecule has 0 unspecified atom stereocenters. The highest BCUT2D eigenvalue weighted by Crippen LogP contribution is 2.29. The van der Waals surface area contributed by atoms with Gasteiger partial charge in [0, 0.05) is 11.8 Å². The van der Waals surface area contributed by atoms with Crippen molar-refractivity contribution >= 4 is 11.8 Å². The smallest absolute Gasteiger partial charge is 0.167 e. The third-order valence-electron chi connectivity index (χ3n) is 3.66. The summed E-state index contributed by atoms with van der Waals surface area (Å²) < 4.78 is 7.13. The minimum atomic E-state index is 0.852. The van der Waals surface area contributed by atoms with Gasteiger partial charge in [0.2, 0.25) is 0 Å². The summed E-state index contributed by atoms with van der Waals surface area (Å²) >= 11 is 1.78. The summed E-state index contributed by atoms with van der Waals surface area (Å²) in [6, 6.07) is 12.1. The maximum absolute atomic E-state index is 5.22. The van der Waals surface area contributed by atoms with Crippen LogP contribution >= 0.6 is 11.8 Å². The third kappa shape index (κ3) is 3.10. The first-order valence-corrected chi connectivity index (χ1v) is 8.50. The van der Waals surface area contributed by atoms with Gasteiger partial charge in [-0.05, 0) is 42.5 Å². The molecule has 23 heavy (non-hydrogen) atoms. The predicted octanol–water partition coefficient (Wildman–Crippen LogP) is 4.36. The van der Waals surface area contributed by atoms with Gasteiger partial charge in [0.05, 0.1) is 23.9 Å². The Bertz CT molecular complexity index is 796. The molecule has 3 aromatic rings. The average molecular weight is 325 g/mol. The van der Waals surface area contributed by atoms with E-state index in [1.807, 2.05) is 47.4 Å². The van der Waals surface area contributed by atoms with Crippen molar-refractivity contribution in [2.75, 3.05) is 12.9 Å². The van der Waals surface area contributed by atoms with Crippen LogP contribution in [0.4, 0.5) is 0 Å². The van der Waals surface area contributed by atoms with Gasteiger partial charge >= 0.3 is 0 Å². The van der Waals surface area contributed by atoms with Crippen LogP contribution in [0, 0.1) is 6.92 Å². The molecule has 2 heterocycles. The first-order chi connectivity index (χ1) is 11.2. The number of methoxy groups -OCH3 is 1. The fraction of sp³-hybridized carbons (Fsp3) is 0.222. The Morgan fingerprint density at radius 1 is 1.17 bits per heavy atom. The molecule has 0 saturated carbocycles. The highest BCUT2D eigenvalue weighted by molar-refractivity contribution is 7.99. The molecule has 5 heteroatoms. The van der Waals surface area contributed by atoms with Crippen molar-refractivity contribution in [1.29, 1.82) is 0 Å². The molecular weight excluding hydrogens is 306 g/mol. The zero-order valence-corrected chi connectivity index (χ0v) is 14.3. The zero-order valence-electron chi connectivity index (χ0n) is 13.5. The molecule has 2 aromatic heterocycles. The molecule has 0 amide bonds. The first kappa shape index (κ1) is 15.6. The lowest BCUT2D eigenvalue weighted by Crippen LogP contribution is -2.03. The summed E-state index contributed by atoms with van der Waals surface area (Å²) in [5.41, 5.74) is 3.30. The monoisotopic (exact) mass is 325 g/mol. The Hall–Kier alpha value is -2.27. The zero-order chi connectivity index (χ0) is 16.2. The fourth-order valence-corrected chi connectivity index (χ4v) is 3.24. The topological polar surface area (TPSA) is 39.9 Å². The molecule has 3 rings (SSSR count). The van der Waals surface area contributed by atoms with Crippen LogP contribution in [0.5, 0.6) is 5.75 Å². The summed E-state index contributed by atoms with van der Waals surface area (Å²) in [4.78, 5) is 5.66. The number of nitrogens with zero attached hydrogens (tertiary/aromatic N) is 3. The van der Waals surface area contributed by atoms with Crippen LogP contribution in [0.3, 0.4) is 0 Å². The van der Waals surface area contributed by atoms with Crippen LogP contribution in [0.25, 0.3) is 16.9 Å². The van der Waals surface area contributed by atoms with Crippen LogP contribution < -0.4 is 4.74 Å². The highest BCUT2D eigenvalue weighted by Gasteiger charge is 2.13. The van der Waals surface area contributed by atoms with Gasteiger partial charge in [0.1, 0.15) is 5.75 Å². The number of hydrogen-bond acceptors (Lipinski definition) is 4. The molecule has 0 aliphatic rings. The fourth-order valence-electron chi connectivity index (χ4n) is 2.49. The van der Waals surface area contributed by atoms with Gasteiger partial charge in [-0.15, -0.1) is 11.8 Å². The van der Waals surface area contributed by atoms with Gasteiger partial charge in [-0.2, -0.15) is 5.10 Å². The molecule has 0 N–H and O–H groups in total. The van der Waals surface area contributed by atoms with E-state index in [-0.39, 0.29) is 0 Å². The van der Waals surface area contributed by atoms with Crippen molar-refractivity contribution in [1.82, 2.24) is 14.8 Å². The van der Waals surface area contributed by atoms with Gasteiger partial charge in [0.25, 0.3) is 0 Å². The van der Waals surface area contributed by atoms with Crippen molar-refractivity contribution < 1.29 is 4.74 Å². The van der Waals surface area contributed by atoms with E-state index < -0.39 is 0 Å². The first-order valence-electron chi connectivity index (χ1n) is 7.51. The van der Waals surface area contributed by atoms with E-state index in [4.69, 9.17) is 4.74 Å². The lowest BCUT2D eigenvalue weighted by Gasteiger charge is -2.09. The van der Waals surface area contributed by atoms with E-state index in [2.05, 4.69) is 30.0 Å². The molecule has 0 saturated heterocycles. The van der Waals surface area contributed by atoms with Crippen LogP contribution in [-0.4, -0.2) is 27.6 Å². The summed E-state index contributed by atoms with van der Waals surface area (Å²) in [5.74, 6) is 2.74. The second-order valence-electron chi connectivity index (χ2n) is 5.04. The van der Waals surface area contributed by atoms with E-state index in [9.17, 15) is 0 Å². The van der Waals surface area contributed by atoms with E-state index in [1.54, 1.807) is 18.9 Å². The number of aromatic nitrogens is 3. The van der Waals surface area contributed by atoms with Crippen molar-refractivity contribution in [3.8, 4) is 22.7 Å². The molecule has 4 nitrogen and oxygen atoms in total. The normalized spacial score (nSPS) is 10.7. The second-order valence-corrected chi connectivity index (χ2v) is 6.35. The summed E-state index contributed by atoms with van der Waals surface area (Å²) in [7, 11) is 1.67. The number of hydrogen-bond donors (Lipinski definition) is 0. The summed E-state index contributed by atoms with van der Waals surface area (Å²) in [6.45, 7) is 4.21. The van der Waals surface area contributed by atoms with Crippen LogP contribution in [0.2, 0.25) is 0 Å². The maximum atomic E-state index is 5.22. The quantitative estimate of drug-likeness (QED) is 0.653. The van der Waals surface area contributed by atoms with Crippen molar-refractivity contribution in [2.45, 2.75) is 18.7 Å². The molecule has 0 aliphatic heterocycles. The molecule has 0 aliphatic carbocycles. The van der Waals surface area contributed by atoms with Gasteiger partial charge in [-0.3, -0.25) is 0 Å². The molecule has 1 aromatic carbocycles. The Balaban J connectivity index is 2.02. The standard InChI is InChI=1S/C18H19N3OS/c1-4-23-17-6-5-11-19-18(17)21-13(2)16(12-20-21)14-7-9-15(22-3)10-8-14/h5-12H,4H2,1-3H3. The molecule has 0 radical (unpaired) electrons. The van der Waals surface area contributed by atoms with Gasteiger partial charge in [-0.25, -0.2) is 9.67 Å². The van der Waals surface area contributed by atoms with E-state index in [0.29, 0.717) is 0 Å². The van der Waals surface area contributed by atoms with Crippen molar-refractivity contribution in [3.63, 3.8) is 0 Å². The summed E-state index contributed by atoms with van der Waals surface area (Å²) in [6.07, 6.45) is 3.70. The lowest BCUT2D eigenvalue weighted by molar-refractivity contribution is 0.415. The minimum Gasteiger partial charge on any atom is -0.497 e. The van der Waals surface area contributed by atoms with E-state index in [1.165, 1.54) is 0 Å². The highest BCUT2D eigenvalue weighted by atomic mass is 32.2. The lowest BCUT2D eigenvalue weighted by atomic mass is 10.1. The maximum Gasteiger partial charge on any atom is 0.167 e. The Kier molecular flexibility index (Phi) is 4.67. The average Bonchev–Trinajstić information content (AvgIpc) is 2.97. The number of benzene rings is 1. The molecule has 0 fully saturated rings. The van der Waals surface area contributed by atoms with Crippen LogP contribution in [0.1, 0.15) is 12.6 Å². The number of rotatable bonds is 5. The Morgan fingerprint density at radius 2 is 1.96 bits per heavy atom. The SMILES string of the molecule is CCSc1cccnc1-n1ncc(-c2ccc(OC)cc2)c1C. The Morgan fingerprint density at radius 3 is 2.65 bits per heavy atom. The van der Waals surface area contributed by atoms with Gasteiger partial charge in [0.15, 0.2) is 5.82 Å². The van der Waals surface area contributed by atoms with E-state index in [0.717, 1.165) is 39.0 Å². The minimum absolute atomic E-state index is 0.852. The molecular formula is C18H19N3OS. The Labute approximate surface area is 140 Å². The predicted molar refractivity (Wildman–Crippen MR) is 94.5 cm³/mol. The van der Waals surface area contributed by atoms with Gasteiger partial charge < -0.3 is 4.74 Å². The number of thioether (sulfide) groups is 1. The van der Waals surface area contributed by atoms with Crippen LogP contribution in [0.15, 0.2) is 53.7 Å². The molecule has 0 bridgehead atoms. The molecule has 118 valence electrons. The largest absolute Gasteiger partial charge is 0.497 e. The van der Waals surface area contributed by atoms with Crippen molar-refractivity contribution in [2.24, 2.45) is 0 Å². The molecule has 0 spiro atoms. The van der Waals surface area contributed by atoms with Gasteiger partial charge in [-0.1, -0.05) is 19.1 Å². The summed E-state index contributed by atoms with van der Waals surface area (Å²) in [5, 5.41) is 4.56. The second kappa shape index (κ2) is 6.87. The number of pyridine rings is 1. The van der Waals surface area contributed by atoms with Crippen LogP contribution in [-0.2, 0) is 0 Å². The third-order valence-corrected chi connectivity index (χ3v) is 4.58. The molecule has 0 atom stereocenters.